The van der Waals surface area contributed by atoms with E-state index in [1.165, 1.54) is 6.20 Å². The third-order valence-electron chi connectivity index (χ3n) is 4.49. The Morgan fingerprint density at radius 3 is 2.55 bits per heavy atom. The van der Waals surface area contributed by atoms with Crippen LogP contribution < -0.4 is 5.32 Å². The number of nitrogens with zero attached hydrogens (tertiary/aromatic N) is 1. The summed E-state index contributed by atoms with van der Waals surface area (Å²) >= 11 is 12.2. The van der Waals surface area contributed by atoms with Crippen molar-refractivity contribution in [2.45, 2.75) is 19.4 Å². The Balaban J connectivity index is 1.89. The van der Waals surface area contributed by atoms with Gasteiger partial charge in [0.05, 0.1) is 18.0 Å². The van der Waals surface area contributed by atoms with Crippen molar-refractivity contribution in [3.8, 4) is 11.1 Å². The summed E-state index contributed by atoms with van der Waals surface area (Å²) in [6.07, 6.45) is 2.80. The molecule has 1 aromatic heterocycles. The zero-order chi connectivity index (χ0) is 21.0. The standard InChI is InChI=1S/C22H18Cl2N2O3/c1-13-4-2-3-5-17(13)20(10-21(27)28)26-22(29)15-8-14(11-25-12-15)18-7-6-16(23)9-19(18)24/h2-9,11-12,20H,10H2,1H3,(H,26,29)(H,27,28)/t20-/m0/s1. The van der Waals surface area contributed by atoms with Crippen molar-refractivity contribution >= 4 is 35.1 Å². The van der Waals surface area contributed by atoms with E-state index < -0.39 is 17.9 Å². The van der Waals surface area contributed by atoms with Crippen LogP contribution in [-0.4, -0.2) is 22.0 Å². The lowest BCUT2D eigenvalue weighted by Gasteiger charge is -2.19. The summed E-state index contributed by atoms with van der Waals surface area (Å²) < 4.78 is 0. The number of carboxylic acids is 1. The minimum atomic E-state index is -1.00. The van der Waals surface area contributed by atoms with Crippen LogP contribution in [0.2, 0.25) is 10.0 Å². The molecule has 0 aliphatic carbocycles. The number of aryl methyl sites for hydroxylation is 1. The first-order chi connectivity index (χ1) is 13.8. The Bertz CT molecular complexity index is 1070. The lowest BCUT2D eigenvalue weighted by molar-refractivity contribution is -0.137. The summed E-state index contributed by atoms with van der Waals surface area (Å²) in [6, 6.07) is 13.4. The smallest absolute Gasteiger partial charge is 0.305 e. The second-order valence-corrected chi connectivity index (χ2v) is 7.41. The zero-order valence-corrected chi connectivity index (χ0v) is 17.0. The highest BCUT2D eigenvalue weighted by atomic mass is 35.5. The molecule has 0 saturated carbocycles. The van der Waals surface area contributed by atoms with Crippen LogP contribution in [0.15, 0.2) is 60.9 Å². The van der Waals surface area contributed by atoms with E-state index in [2.05, 4.69) is 10.3 Å². The number of nitrogens with one attached hydrogen (secondary N) is 1. The highest BCUT2D eigenvalue weighted by molar-refractivity contribution is 6.36. The number of aromatic nitrogens is 1. The van der Waals surface area contributed by atoms with Gasteiger partial charge in [-0.1, -0.05) is 53.5 Å². The molecule has 5 nitrogen and oxygen atoms in total. The van der Waals surface area contributed by atoms with Crippen LogP contribution in [0.5, 0.6) is 0 Å². The van der Waals surface area contributed by atoms with Crippen molar-refractivity contribution in [3.05, 3.63) is 87.7 Å². The number of benzene rings is 2. The van der Waals surface area contributed by atoms with Crippen LogP contribution in [0.1, 0.15) is 33.9 Å². The minimum absolute atomic E-state index is 0.229. The monoisotopic (exact) mass is 428 g/mol. The van der Waals surface area contributed by atoms with Gasteiger partial charge in [-0.3, -0.25) is 14.6 Å². The first kappa shape index (κ1) is 20.8. The van der Waals surface area contributed by atoms with E-state index in [0.29, 0.717) is 26.7 Å². The van der Waals surface area contributed by atoms with Gasteiger partial charge >= 0.3 is 5.97 Å². The molecule has 0 fully saturated rings. The molecule has 2 N–H and O–H groups in total. The molecule has 148 valence electrons. The minimum Gasteiger partial charge on any atom is -0.481 e. The summed E-state index contributed by atoms with van der Waals surface area (Å²) in [5, 5.41) is 13.0. The van der Waals surface area contributed by atoms with E-state index in [1.54, 1.807) is 30.5 Å². The summed E-state index contributed by atoms with van der Waals surface area (Å²) in [4.78, 5) is 28.3. The molecule has 1 amide bonds. The number of rotatable bonds is 6. The fourth-order valence-corrected chi connectivity index (χ4v) is 3.59. The van der Waals surface area contributed by atoms with Gasteiger partial charge in [-0.2, -0.15) is 0 Å². The second-order valence-electron chi connectivity index (χ2n) is 6.57. The molecule has 0 aliphatic rings. The number of amides is 1. The number of pyridine rings is 1. The normalized spacial score (nSPS) is 11.7. The molecule has 0 radical (unpaired) electrons. The van der Waals surface area contributed by atoms with Crippen molar-refractivity contribution in [1.82, 2.24) is 10.3 Å². The maximum atomic E-state index is 12.8. The predicted octanol–water partition coefficient (Wildman–Crippen LogP) is 5.31. The lowest BCUT2D eigenvalue weighted by atomic mass is 9.98. The van der Waals surface area contributed by atoms with Crippen LogP contribution in [0, 0.1) is 6.92 Å². The average molecular weight is 429 g/mol. The Labute approximate surface area is 178 Å². The van der Waals surface area contributed by atoms with Crippen LogP contribution >= 0.6 is 23.2 Å². The number of hydrogen-bond acceptors (Lipinski definition) is 3. The summed E-state index contributed by atoms with van der Waals surface area (Å²) in [5.74, 6) is -1.42. The molecule has 7 heteroatoms. The second kappa shape index (κ2) is 9.07. The largest absolute Gasteiger partial charge is 0.481 e. The van der Waals surface area contributed by atoms with Crippen molar-refractivity contribution in [1.29, 1.82) is 0 Å². The number of halogens is 2. The quantitative estimate of drug-likeness (QED) is 0.557. The van der Waals surface area contributed by atoms with Crippen molar-refractivity contribution in [2.75, 3.05) is 0 Å². The molecule has 0 bridgehead atoms. The summed E-state index contributed by atoms with van der Waals surface area (Å²) in [6.45, 7) is 1.88. The summed E-state index contributed by atoms with van der Waals surface area (Å²) in [5.41, 5.74) is 3.31. The van der Waals surface area contributed by atoms with E-state index in [1.807, 2.05) is 31.2 Å². The maximum absolute atomic E-state index is 12.8. The number of aliphatic carboxylic acids is 1. The molecule has 0 aliphatic heterocycles. The molecule has 1 atom stereocenters. The molecule has 29 heavy (non-hydrogen) atoms. The van der Waals surface area contributed by atoms with Crippen molar-refractivity contribution in [3.63, 3.8) is 0 Å². The topological polar surface area (TPSA) is 79.3 Å². The molecule has 1 heterocycles. The third kappa shape index (κ3) is 5.13. The van der Waals surface area contributed by atoms with Gasteiger partial charge in [0.25, 0.3) is 5.91 Å². The Kier molecular flexibility index (Phi) is 6.52. The average Bonchev–Trinajstić information content (AvgIpc) is 2.67. The molecule has 2 aromatic carbocycles. The number of carbonyl (C=O) groups is 2. The fraction of sp³-hybridized carbons (Fsp3) is 0.136. The van der Waals surface area contributed by atoms with Gasteiger partial charge in [0.2, 0.25) is 0 Å². The first-order valence-corrected chi connectivity index (χ1v) is 9.59. The molecular weight excluding hydrogens is 411 g/mol. The predicted molar refractivity (Wildman–Crippen MR) is 113 cm³/mol. The zero-order valence-electron chi connectivity index (χ0n) is 15.5. The highest BCUT2D eigenvalue weighted by Crippen LogP contribution is 2.30. The molecular formula is C22H18Cl2N2O3. The fourth-order valence-electron chi connectivity index (χ4n) is 3.07. The van der Waals surface area contributed by atoms with Gasteiger partial charge in [0.15, 0.2) is 0 Å². The Morgan fingerprint density at radius 1 is 1.10 bits per heavy atom. The van der Waals surface area contributed by atoms with Gasteiger partial charge < -0.3 is 10.4 Å². The lowest BCUT2D eigenvalue weighted by Crippen LogP contribution is -2.30. The molecule has 0 spiro atoms. The number of carboxylic acid groups (broad SMARTS) is 1. The van der Waals surface area contributed by atoms with Crippen LogP contribution in [-0.2, 0) is 4.79 Å². The van der Waals surface area contributed by atoms with E-state index >= 15 is 0 Å². The number of carbonyl (C=O) groups excluding carboxylic acids is 1. The molecule has 3 aromatic rings. The molecule has 0 unspecified atom stereocenters. The van der Waals surface area contributed by atoms with Gasteiger partial charge in [0, 0.05) is 33.6 Å². The van der Waals surface area contributed by atoms with E-state index in [-0.39, 0.29) is 6.42 Å². The molecule has 0 saturated heterocycles. The van der Waals surface area contributed by atoms with E-state index in [0.717, 1.165) is 11.1 Å². The van der Waals surface area contributed by atoms with Crippen LogP contribution in [0.4, 0.5) is 0 Å². The van der Waals surface area contributed by atoms with Crippen molar-refractivity contribution < 1.29 is 14.7 Å². The SMILES string of the molecule is Cc1ccccc1[C@H](CC(=O)O)NC(=O)c1cncc(-c2ccc(Cl)cc2Cl)c1. The molecule has 3 rings (SSSR count). The van der Waals surface area contributed by atoms with Gasteiger partial charge in [-0.15, -0.1) is 0 Å². The maximum Gasteiger partial charge on any atom is 0.305 e. The van der Waals surface area contributed by atoms with Gasteiger partial charge in [0.1, 0.15) is 0 Å². The van der Waals surface area contributed by atoms with E-state index in [4.69, 9.17) is 23.2 Å². The first-order valence-electron chi connectivity index (χ1n) is 8.84. The Hall–Kier alpha value is -2.89. The summed E-state index contributed by atoms with van der Waals surface area (Å²) in [7, 11) is 0. The van der Waals surface area contributed by atoms with Crippen molar-refractivity contribution in [2.24, 2.45) is 0 Å². The van der Waals surface area contributed by atoms with Crippen LogP contribution in [0.3, 0.4) is 0 Å². The number of hydrogen-bond donors (Lipinski definition) is 2. The highest BCUT2D eigenvalue weighted by Gasteiger charge is 2.21. The Morgan fingerprint density at radius 2 is 1.86 bits per heavy atom. The van der Waals surface area contributed by atoms with E-state index in [9.17, 15) is 14.7 Å². The third-order valence-corrected chi connectivity index (χ3v) is 5.04. The van der Waals surface area contributed by atoms with Gasteiger partial charge in [-0.05, 0) is 36.2 Å². The van der Waals surface area contributed by atoms with Gasteiger partial charge in [-0.25, -0.2) is 0 Å². The van der Waals surface area contributed by atoms with Crippen LogP contribution in [0.25, 0.3) is 11.1 Å².